The number of carbonyl (C=O) groups is 2. The molecule has 0 aromatic heterocycles. The van der Waals surface area contributed by atoms with Gasteiger partial charge < -0.3 is 24.4 Å². The number of carboxylic acid groups (broad SMARTS) is 1. The van der Waals surface area contributed by atoms with Crippen LogP contribution in [0.1, 0.15) is 59.9 Å². The zero-order valence-corrected chi connectivity index (χ0v) is 18.6. The van der Waals surface area contributed by atoms with Gasteiger partial charge in [-0.2, -0.15) is 0 Å². The zero-order valence-electron chi connectivity index (χ0n) is 18.6. The Kier molecular flexibility index (Phi) is 6.24. The van der Waals surface area contributed by atoms with Crippen LogP contribution in [0.5, 0.6) is 0 Å². The first kappa shape index (κ1) is 21.5. The molecule has 32 heavy (non-hydrogen) atoms. The van der Waals surface area contributed by atoms with Gasteiger partial charge in [-0.3, -0.25) is 4.90 Å². The normalized spacial score (nSPS) is 24.5. The lowest BCUT2D eigenvalue weighted by Gasteiger charge is -2.39. The molecule has 3 heterocycles. The molecule has 1 aromatic carbocycles. The predicted molar refractivity (Wildman–Crippen MR) is 118 cm³/mol. The molecule has 0 bridgehead atoms. The highest BCUT2D eigenvalue weighted by molar-refractivity contribution is 5.75. The van der Waals surface area contributed by atoms with Gasteiger partial charge >= 0.3 is 12.1 Å². The Morgan fingerprint density at radius 3 is 2.44 bits per heavy atom. The van der Waals surface area contributed by atoms with Gasteiger partial charge in [-0.25, -0.2) is 9.59 Å². The largest absolute Gasteiger partial charge is 0.465 e. The molecular weight excluding hydrogens is 410 g/mol. The van der Waals surface area contributed by atoms with Gasteiger partial charge in [-0.15, -0.1) is 0 Å². The highest BCUT2D eigenvalue weighted by Crippen LogP contribution is 2.40. The quantitative estimate of drug-likeness (QED) is 0.759. The maximum absolute atomic E-state index is 13.2. The van der Waals surface area contributed by atoms with Gasteiger partial charge in [0.05, 0.1) is 32.5 Å². The third-order valence-electron chi connectivity index (χ3n) is 7.51. The second-order valence-corrected chi connectivity index (χ2v) is 9.35. The summed E-state index contributed by atoms with van der Waals surface area (Å²) in [5.74, 6) is 0.551. The summed E-state index contributed by atoms with van der Waals surface area (Å²) in [5.41, 5.74) is 4.75. The van der Waals surface area contributed by atoms with Crippen molar-refractivity contribution in [1.29, 1.82) is 0 Å². The number of ether oxygens (including phenoxy) is 2. The van der Waals surface area contributed by atoms with Crippen LogP contribution in [0.25, 0.3) is 0 Å². The summed E-state index contributed by atoms with van der Waals surface area (Å²) in [5, 5.41) is 9.85. The minimum absolute atomic E-state index is 0.0553. The molecule has 3 aliphatic heterocycles. The van der Waals surface area contributed by atoms with E-state index in [4.69, 9.17) is 9.47 Å². The smallest absolute Gasteiger partial charge is 0.407 e. The van der Waals surface area contributed by atoms with Crippen molar-refractivity contribution in [3.8, 4) is 0 Å². The number of hydrogen-bond donors (Lipinski definition) is 1. The van der Waals surface area contributed by atoms with E-state index in [-0.39, 0.29) is 12.1 Å². The molecule has 174 valence electrons. The van der Waals surface area contributed by atoms with Crippen LogP contribution in [0.3, 0.4) is 0 Å². The topological polar surface area (TPSA) is 82.6 Å². The second kappa shape index (κ2) is 9.27. The molecule has 0 spiro atoms. The molecule has 0 radical (unpaired) electrons. The maximum atomic E-state index is 13.2. The Morgan fingerprint density at radius 2 is 1.69 bits per heavy atom. The molecule has 3 fully saturated rings. The maximum Gasteiger partial charge on any atom is 0.407 e. The van der Waals surface area contributed by atoms with Gasteiger partial charge in [-0.05, 0) is 47.4 Å². The number of urea groups is 1. The van der Waals surface area contributed by atoms with Gasteiger partial charge in [0, 0.05) is 32.7 Å². The van der Waals surface area contributed by atoms with Gasteiger partial charge in [0.25, 0.3) is 0 Å². The van der Waals surface area contributed by atoms with Crippen molar-refractivity contribution in [2.45, 2.75) is 50.6 Å². The van der Waals surface area contributed by atoms with Crippen LogP contribution in [0.15, 0.2) is 12.1 Å². The number of morpholine rings is 2. The average Bonchev–Trinajstić information content (AvgIpc) is 3.38. The molecule has 5 rings (SSSR count). The first-order valence-electron chi connectivity index (χ1n) is 12.0. The Balaban J connectivity index is 1.49. The molecular formula is C24H33N3O5. The third kappa shape index (κ3) is 4.18. The highest BCUT2D eigenvalue weighted by Gasteiger charge is 2.35. The zero-order chi connectivity index (χ0) is 22.1. The van der Waals surface area contributed by atoms with E-state index >= 15 is 0 Å². The third-order valence-corrected chi connectivity index (χ3v) is 7.51. The van der Waals surface area contributed by atoms with Crippen molar-refractivity contribution in [2.75, 3.05) is 52.6 Å². The van der Waals surface area contributed by atoms with E-state index in [1.165, 1.54) is 41.7 Å². The number of amides is 3. The van der Waals surface area contributed by atoms with E-state index in [1.807, 2.05) is 9.80 Å². The Labute approximate surface area is 189 Å². The molecule has 3 amide bonds. The van der Waals surface area contributed by atoms with Crippen molar-refractivity contribution < 1.29 is 24.2 Å². The van der Waals surface area contributed by atoms with Gasteiger partial charge in [0.2, 0.25) is 0 Å². The van der Waals surface area contributed by atoms with E-state index in [2.05, 4.69) is 12.1 Å². The van der Waals surface area contributed by atoms with Crippen LogP contribution in [0, 0.1) is 0 Å². The Bertz CT molecular complexity index is 863. The highest BCUT2D eigenvalue weighted by atomic mass is 16.5. The lowest BCUT2D eigenvalue weighted by atomic mass is 9.85. The summed E-state index contributed by atoms with van der Waals surface area (Å²) in [6.07, 6.45) is 4.81. The standard InChI is InChI=1S/C24H33N3O5/c28-23(25-7-10-31-11-8-25)26-6-5-18-13-19(17-3-1-2-4-17)14-20(21(18)15-26)22-16-32-12-9-27(22)24(29)30/h13-14,17,22H,1-12,15-16H2,(H,29,30). The number of carbonyl (C=O) groups excluding carboxylic acids is 1. The van der Waals surface area contributed by atoms with Crippen LogP contribution in [-0.2, 0) is 22.4 Å². The SMILES string of the molecule is O=C(N1CCOCC1)N1CCc2cc(C3CCCC3)cc(C3COCCN3C(=O)O)c2C1. The van der Waals surface area contributed by atoms with Crippen LogP contribution in [0.4, 0.5) is 9.59 Å². The average molecular weight is 444 g/mol. The number of fused-ring (bicyclic) bond motifs is 1. The van der Waals surface area contributed by atoms with Crippen molar-refractivity contribution in [2.24, 2.45) is 0 Å². The minimum atomic E-state index is -0.907. The molecule has 1 aliphatic carbocycles. The summed E-state index contributed by atoms with van der Waals surface area (Å²) < 4.78 is 11.1. The summed E-state index contributed by atoms with van der Waals surface area (Å²) >= 11 is 0. The van der Waals surface area contributed by atoms with Gasteiger partial charge in [-0.1, -0.05) is 25.0 Å². The van der Waals surface area contributed by atoms with E-state index in [0.29, 0.717) is 65.1 Å². The monoisotopic (exact) mass is 443 g/mol. The summed E-state index contributed by atoms with van der Waals surface area (Å²) in [4.78, 5) is 30.5. The van der Waals surface area contributed by atoms with Crippen LogP contribution in [-0.4, -0.2) is 84.5 Å². The van der Waals surface area contributed by atoms with Crippen molar-refractivity contribution in [3.05, 3.63) is 34.4 Å². The molecule has 8 nitrogen and oxygen atoms in total. The fourth-order valence-corrected chi connectivity index (χ4v) is 5.72. The van der Waals surface area contributed by atoms with Gasteiger partial charge in [0.15, 0.2) is 0 Å². The van der Waals surface area contributed by atoms with Crippen LogP contribution < -0.4 is 0 Å². The fraction of sp³-hybridized carbons (Fsp3) is 0.667. The van der Waals surface area contributed by atoms with Crippen molar-refractivity contribution >= 4 is 12.1 Å². The van der Waals surface area contributed by atoms with E-state index in [0.717, 1.165) is 17.5 Å². The van der Waals surface area contributed by atoms with Crippen LogP contribution in [0.2, 0.25) is 0 Å². The molecule has 8 heteroatoms. The predicted octanol–water partition coefficient (Wildman–Crippen LogP) is 3.21. The fourth-order valence-electron chi connectivity index (χ4n) is 5.72. The number of hydrogen-bond acceptors (Lipinski definition) is 4. The van der Waals surface area contributed by atoms with E-state index < -0.39 is 6.09 Å². The number of benzene rings is 1. The summed E-state index contributed by atoms with van der Waals surface area (Å²) in [6.45, 7) is 4.80. The first-order chi connectivity index (χ1) is 15.6. The molecule has 2 saturated heterocycles. The Morgan fingerprint density at radius 1 is 0.938 bits per heavy atom. The molecule has 1 saturated carbocycles. The number of rotatable bonds is 2. The molecule has 1 unspecified atom stereocenters. The Hall–Kier alpha value is -2.32. The molecule has 1 N–H and O–H groups in total. The van der Waals surface area contributed by atoms with Gasteiger partial charge in [0.1, 0.15) is 0 Å². The lowest BCUT2D eigenvalue weighted by Crippen LogP contribution is -2.50. The number of nitrogens with zero attached hydrogens (tertiary/aromatic N) is 3. The van der Waals surface area contributed by atoms with Crippen molar-refractivity contribution in [1.82, 2.24) is 14.7 Å². The van der Waals surface area contributed by atoms with E-state index in [9.17, 15) is 14.7 Å². The van der Waals surface area contributed by atoms with E-state index in [1.54, 1.807) is 0 Å². The second-order valence-electron chi connectivity index (χ2n) is 9.35. The molecule has 1 aromatic rings. The lowest BCUT2D eigenvalue weighted by molar-refractivity contribution is -0.00153. The van der Waals surface area contributed by atoms with Crippen molar-refractivity contribution in [3.63, 3.8) is 0 Å². The summed E-state index contributed by atoms with van der Waals surface area (Å²) in [7, 11) is 0. The molecule has 1 atom stereocenters. The summed E-state index contributed by atoms with van der Waals surface area (Å²) in [6, 6.07) is 4.29. The minimum Gasteiger partial charge on any atom is -0.465 e. The molecule has 4 aliphatic rings. The van der Waals surface area contributed by atoms with Crippen LogP contribution >= 0.6 is 0 Å². The first-order valence-corrected chi connectivity index (χ1v) is 12.0.